The van der Waals surface area contributed by atoms with Crippen molar-refractivity contribution in [3.63, 3.8) is 0 Å². The number of nitrogens with one attached hydrogen (secondary N) is 2. The Morgan fingerprint density at radius 1 is 1.12 bits per heavy atom. The largest absolute Gasteiger partial charge is 0.324 e. The fourth-order valence-electron chi connectivity index (χ4n) is 2.05. The van der Waals surface area contributed by atoms with Gasteiger partial charge < -0.3 is 5.32 Å². The summed E-state index contributed by atoms with van der Waals surface area (Å²) in [6.45, 7) is 0. The molecule has 3 aromatic rings. The number of thioether (sulfide) groups is 1. The Morgan fingerprint density at radius 3 is 2.73 bits per heavy atom. The van der Waals surface area contributed by atoms with Crippen molar-refractivity contribution < 1.29 is 4.79 Å². The van der Waals surface area contributed by atoms with E-state index < -0.39 is 0 Å². The molecule has 2 aromatic carbocycles. The van der Waals surface area contributed by atoms with Gasteiger partial charge in [0.2, 0.25) is 11.1 Å². The van der Waals surface area contributed by atoms with Crippen LogP contribution in [0.1, 0.15) is 11.4 Å². The zero-order valence-electron chi connectivity index (χ0n) is 13.4. The molecular formula is C18H14Cl2N4OS. The normalized spacial score (nSPS) is 11.0. The van der Waals surface area contributed by atoms with Gasteiger partial charge in [0.05, 0.1) is 21.5 Å². The Balaban J connectivity index is 1.54. The maximum Gasteiger partial charge on any atom is 0.234 e. The molecule has 0 fully saturated rings. The first-order chi connectivity index (χ1) is 12.6. The summed E-state index contributed by atoms with van der Waals surface area (Å²) in [5.74, 6) is 0.558. The number of rotatable bonds is 6. The number of carbonyl (C=O) groups excluding carboxylic acids is 1. The first kappa shape index (κ1) is 18.5. The van der Waals surface area contributed by atoms with Crippen molar-refractivity contribution >= 4 is 58.7 Å². The molecule has 0 aliphatic carbocycles. The Kier molecular flexibility index (Phi) is 6.33. The highest BCUT2D eigenvalue weighted by molar-refractivity contribution is 7.99. The first-order valence-corrected chi connectivity index (χ1v) is 9.38. The summed E-state index contributed by atoms with van der Waals surface area (Å²) in [7, 11) is 0. The molecule has 0 saturated heterocycles. The van der Waals surface area contributed by atoms with E-state index in [0.717, 1.165) is 5.56 Å². The molecule has 3 rings (SSSR count). The van der Waals surface area contributed by atoms with Gasteiger partial charge in [0, 0.05) is 0 Å². The van der Waals surface area contributed by atoms with Crippen molar-refractivity contribution in [2.24, 2.45) is 0 Å². The summed E-state index contributed by atoms with van der Waals surface area (Å²) in [6.07, 6.45) is 3.76. The van der Waals surface area contributed by atoms with Crippen LogP contribution in [-0.4, -0.2) is 26.8 Å². The van der Waals surface area contributed by atoms with E-state index in [-0.39, 0.29) is 11.7 Å². The quantitative estimate of drug-likeness (QED) is 0.566. The molecule has 8 heteroatoms. The smallest absolute Gasteiger partial charge is 0.234 e. The third-order valence-corrected chi connectivity index (χ3v) is 4.94. The molecule has 0 spiro atoms. The minimum Gasteiger partial charge on any atom is -0.324 e. The highest BCUT2D eigenvalue weighted by Crippen LogP contribution is 2.29. The molecule has 2 N–H and O–H groups in total. The zero-order chi connectivity index (χ0) is 18.4. The predicted molar refractivity (Wildman–Crippen MR) is 108 cm³/mol. The number of aromatic nitrogens is 3. The van der Waals surface area contributed by atoms with Crippen LogP contribution in [0, 0.1) is 0 Å². The van der Waals surface area contributed by atoms with Crippen LogP contribution < -0.4 is 5.32 Å². The molecule has 0 aliphatic rings. The van der Waals surface area contributed by atoms with Crippen LogP contribution in [0.25, 0.3) is 12.2 Å². The Bertz CT molecular complexity index is 928. The summed E-state index contributed by atoms with van der Waals surface area (Å²) in [5, 5.41) is 10.8. The van der Waals surface area contributed by atoms with Crippen LogP contribution in [-0.2, 0) is 4.79 Å². The number of amides is 1. The van der Waals surface area contributed by atoms with Gasteiger partial charge in [0.1, 0.15) is 5.82 Å². The summed E-state index contributed by atoms with van der Waals surface area (Å²) >= 11 is 13.2. The van der Waals surface area contributed by atoms with E-state index in [1.165, 1.54) is 11.8 Å². The average Bonchev–Trinajstić information content (AvgIpc) is 3.11. The number of hydrogen-bond acceptors (Lipinski definition) is 4. The SMILES string of the molecule is O=C(CSc1n[nH]c(/C=C/c2ccccc2)n1)Nc1cccc(Cl)c1Cl. The maximum atomic E-state index is 12.1. The monoisotopic (exact) mass is 404 g/mol. The zero-order valence-corrected chi connectivity index (χ0v) is 15.8. The molecule has 26 heavy (non-hydrogen) atoms. The number of anilines is 1. The topological polar surface area (TPSA) is 70.7 Å². The van der Waals surface area contributed by atoms with Crippen molar-refractivity contribution in [1.82, 2.24) is 15.2 Å². The van der Waals surface area contributed by atoms with Crippen LogP contribution in [0.15, 0.2) is 53.7 Å². The van der Waals surface area contributed by atoms with E-state index in [2.05, 4.69) is 20.5 Å². The Labute approximate surface area is 164 Å². The molecule has 0 saturated carbocycles. The summed E-state index contributed by atoms with van der Waals surface area (Å²) in [5.41, 5.74) is 1.54. The lowest BCUT2D eigenvalue weighted by atomic mass is 10.2. The van der Waals surface area contributed by atoms with Crippen molar-refractivity contribution in [1.29, 1.82) is 0 Å². The second-order valence-electron chi connectivity index (χ2n) is 5.19. The predicted octanol–water partition coefficient (Wildman–Crippen LogP) is 5.01. The standard InChI is InChI=1S/C18H14Cl2N4OS/c19-13-7-4-8-14(17(13)20)21-16(25)11-26-18-22-15(23-24-18)10-9-12-5-2-1-3-6-12/h1-10H,11H2,(H,21,25)(H,22,23,24)/b10-9+. The van der Waals surface area contributed by atoms with E-state index in [9.17, 15) is 4.79 Å². The second-order valence-corrected chi connectivity index (χ2v) is 6.91. The molecule has 0 radical (unpaired) electrons. The van der Waals surface area contributed by atoms with Crippen molar-refractivity contribution in [2.75, 3.05) is 11.1 Å². The lowest BCUT2D eigenvalue weighted by molar-refractivity contribution is -0.113. The summed E-state index contributed by atoms with van der Waals surface area (Å²) in [4.78, 5) is 16.4. The van der Waals surface area contributed by atoms with E-state index in [0.29, 0.717) is 26.7 Å². The Morgan fingerprint density at radius 2 is 1.92 bits per heavy atom. The fourth-order valence-corrected chi connectivity index (χ4v) is 3.01. The molecule has 132 valence electrons. The van der Waals surface area contributed by atoms with Crippen LogP contribution in [0.5, 0.6) is 0 Å². The van der Waals surface area contributed by atoms with Gasteiger partial charge in [-0.1, -0.05) is 77.4 Å². The van der Waals surface area contributed by atoms with Gasteiger partial charge in [0.15, 0.2) is 0 Å². The number of benzene rings is 2. The highest BCUT2D eigenvalue weighted by Gasteiger charge is 2.10. The molecule has 0 atom stereocenters. The van der Waals surface area contributed by atoms with E-state index in [4.69, 9.17) is 23.2 Å². The average molecular weight is 405 g/mol. The first-order valence-electron chi connectivity index (χ1n) is 7.64. The minimum atomic E-state index is -0.217. The molecule has 5 nitrogen and oxygen atoms in total. The van der Waals surface area contributed by atoms with Crippen molar-refractivity contribution in [3.05, 3.63) is 70.0 Å². The van der Waals surface area contributed by atoms with Gasteiger partial charge in [-0.3, -0.25) is 9.89 Å². The number of hydrogen-bond donors (Lipinski definition) is 2. The molecule has 1 heterocycles. The third-order valence-electron chi connectivity index (χ3n) is 3.27. The summed E-state index contributed by atoms with van der Waals surface area (Å²) in [6, 6.07) is 14.9. The van der Waals surface area contributed by atoms with Crippen molar-refractivity contribution in [3.8, 4) is 0 Å². The molecule has 1 aromatic heterocycles. The summed E-state index contributed by atoms with van der Waals surface area (Å²) < 4.78 is 0. The van der Waals surface area contributed by atoms with E-state index in [1.807, 2.05) is 42.5 Å². The maximum absolute atomic E-state index is 12.1. The van der Waals surface area contributed by atoms with Crippen LogP contribution in [0.4, 0.5) is 5.69 Å². The van der Waals surface area contributed by atoms with Gasteiger partial charge >= 0.3 is 0 Å². The lowest BCUT2D eigenvalue weighted by Crippen LogP contribution is -2.14. The highest BCUT2D eigenvalue weighted by atomic mass is 35.5. The molecule has 0 bridgehead atoms. The third kappa shape index (κ3) is 5.11. The number of aromatic amines is 1. The van der Waals surface area contributed by atoms with Gasteiger partial charge in [-0.2, -0.15) is 0 Å². The molecule has 1 amide bonds. The lowest BCUT2D eigenvalue weighted by Gasteiger charge is -2.07. The number of carbonyl (C=O) groups is 1. The van der Waals surface area contributed by atoms with Gasteiger partial charge in [0.25, 0.3) is 0 Å². The molecular weight excluding hydrogens is 391 g/mol. The molecule has 0 aliphatic heterocycles. The van der Waals surface area contributed by atoms with Crippen LogP contribution in [0.3, 0.4) is 0 Å². The van der Waals surface area contributed by atoms with E-state index in [1.54, 1.807) is 18.2 Å². The number of halogens is 2. The minimum absolute atomic E-state index is 0.155. The number of nitrogens with zero attached hydrogens (tertiary/aromatic N) is 2. The van der Waals surface area contributed by atoms with Crippen molar-refractivity contribution in [2.45, 2.75) is 5.16 Å². The second kappa shape index (κ2) is 8.89. The Hall–Kier alpha value is -2.28. The molecule has 0 unspecified atom stereocenters. The fraction of sp³-hybridized carbons (Fsp3) is 0.0556. The van der Waals surface area contributed by atoms with Gasteiger partial charge in [-0.15, -0.1) is 5.10 Å². The van der Waals surface area contributed by atoms with Gasteiger partial charge in [-0.25, -0.2) is 4.98 Å². The number of H-pyrrole nitrogens is 1. The van der Waals surface area contributed by atoms with Gasteiger partial charge in [-0.05, 0) is 23.8 Å². The van der Waals surface area contributed by atoms with Crippen LogP contribution in [0.2, 0.25) is 10.0 Å². The van der Waals surface area contributed by atoms with E-state index >= 15 is 0 Å². The van der Waals surface area contributed by atoms with Crippen LogP contribution >= 0.6 is 35.0 Å².